The largest absolute Gasteiger partial charge is 0.493 e. The zero-order valence-electron chi connectivity index (χ0n) is 18.7. The lowest BCUT2D eigenvalue weighted by Gasteiger charge is -2.11. The van der Waals surface area contributed by atoms with Crippen molar-refractivity contribution in [2.75, 3.05) is 25.3 Å². The molecule has 9 nitrogen and oxygen atoms in total. The van der Waals surface area contributed by atoms with Gasteiger partial charge in [0.1, 0.15) is 5.82 Å². The summed E-state index contributed by atoms with van der Waals surface area (Å²) in [6.07, 6.45) is 0. The van der Waals surface area contributed by atoms with Gasteiger partial charge in [-0.15, -0.1) is 10.2 Å². The summed E-state index contributed by atoms with van der Waals surface area (Å²) in [4.78, 5) is 21.3. The van der Waals surface area contributed by atoms with Crippen molar-refractivity contribution >= 4 is 35.1 Å². The number of anilines is 1. The molecule has 0 fully saturated rings. The maximum atomic E-state index is 12.4. The van der Waals surface area contributed by atoms with Gasteiger partial charge in [0.2, 0.25) is 5.91 Å². The van der Waals surface area contributed by atoms with Crippen LogP contribution in [-0.4, -0.2) is 50.6 Å². The molecule has 1 amide bonds. The van der Waals surface area contributed by atoms with E-state index in [1.807, 2.05) is 31.4 Å². The van der Waals surface area contributed by atoms with Gasteiger partial charge in [-0.05, 0) is 39.0 Å². The van der Waals surface area contributed by atoms with Gasteiger partial charge < -0.3 is 19.4 Å². The molecule has 3 rings (SSSR count). The number of hydrogen-bond donors (Lipinski definition) is 1. The van der Waals surface area contributed by atoms with Crippen LogP contribution in [0.2, 0.25) is 0 Å². The van der Waals surface area contributed by atoms with Crippen LogP contribution in [-0.2, 0) is 17.1 Å². The predicted octanol–water partition coefficient (Wildman–Crippen LogP) is 3.75. The van der Waals surface area contributed by atoms with E-state index in [0.717, 1.165) is 22.4 Å². The molecule has 0 saturated heterocycles. The Balaban J connectivity index is 1.59. The number of aryl methyl sites for hydroxylation is 2. The van der Waals surface area contributed by atoms with Crippen LogP contribution < -0.4 is 14.8 Å². The second-order valence-corrected chi connectivity index (χ2v) is 8.66. The molecular weight excluding hydrogens is 448 g/mol. The normalized spacial score (nSPS) is 10.8. The van der Waals surface area contributed by atoms with Crippen LogP contribution in [0, 0.1) is 13.8 Å². The van der Waals surface area contributed by atoms with Gasteiger partial charge in [0, 0.05) is 29.7 Å². The second kappa shape index (κ2) is 11.2. The monoisotopic (exact) mass is 474 g/mol. The molecule has 32 heavy (non-hydrogen) atoms. The molecule has 1 N–H and O–H groups in total. The van der Waals surface area contributed by atoms with Crippen LogP contribution >= 0.6 is 23.5 Å². The van der Waals surface area contributed by atoms with E-state index in [0.29, 0.717) is 34.6 Å². The van der Waals surface area contributed by atoms with Gasteiger partial charge in [0.25, 0.3) is 0 Å². The number of aromatic nitrogens is 5. The van der Waals surface area contributed by atoms with Crippen LogP contribution in [0.25, 0.3) is 0 Å². The molecule has 11 heteroatoms. The summed E-state index contributed by atoms with van der Waals surface area (Å²) >= 11 is 2.87. The van der Waals surface area contributed by atoms with Crippen molar-refractivity contribution in [3.63, 3.8) is 0 Å². The summed E-state index contributed by atoms with van der Waals surface area (Å²) < 4.78 is 12.5. The smallest absolute Gasteiger partial charge is 0.234 e. The summed E-state index contributed by atoms with van der Waals surface area (Å²) in [7, 11) is 3.12. The van der Waals surface area contributed by atoms with Crippen LogP contribution in [0.1, 0.15) is 24.1 Å². The average molecular weight is 475 g/mol. The van der Waals surface area contributed by atoms with Gasteiger partial charge in [-0.2, -0.15) is 0 Å². The molecule has 0 radical (unpaired) electrons. The van der Waals surface area contributed by atoms with Crippen LogP contribution in [0.15, 0.2) is 34.6 Å². The van der Waals surface area contributed by atoms with Crippen molar-refractivity contribution < 1.29 is 14.3 Å². The Bertz CT molecular complexity index is 1070. The van der Waals surface area contributed by atoms with Crippen molar-refractivity contribution in [2.45, 2.75) is 43.4 Å². The highest BCUT2D eigenvalue weighted by Gasteiger charge is 2.15. The summed E-state index contributed by atoms with van der Waals surface area (Å²) in [6, 6.07) is 7.18. The van der Waals surface area contributed by atoms with Gasteiger partial charge in [0.15, 0.2) is 21.8 Å². The second-order valence-electron chi connectivity index (χ2n) is 6.77. The van der Waals surface area contributed by atoms with Crippen molar-refractivity contribution in [2.24, 2.45) is 0 Å². The lowest BCUT2D eigenvalue weighted by atomic mass is 10.2. The molecule has 0 bridgehead atoms. The molecule has 2 heterocycles. The molecule has 0 aliphatic carbocycles. The minimum absolute atomic E-state index is 0.146. The third kappa shape index (κ3) is 6.13. The fraction of sp³-hybridized carbons (Fsp3) is 0.381. The summed E-state index contributed by atoms with van der Waals surface area (Å²) in [6.45, 7) is 6.64. The molecular formula is C21H26N6O3S2. The first kappa shape index (κ1) is 23.9. The van der Waals surface area contributed by atoms with Gasteiger partial charge in [-0.1, -0.05) is 23.5 Å². The lowest BCUT2D eigenvalue weighted by Crippen LogP contribution is -2.15. The van der Waals surface area contributed by atoms with Gasteiger partial charge in [0.05, 0.1) is 25.7 Å². The maximum Gasteiger partial charge on any atom is 0.234 e. The van der Waals surface area contributed by atoms with E-state index >= 15 is 0 Å². The Labute approximate surface area is 195 Å². The van der Waals surface area contributed by atoms with Crippen LogP contribution in [0.3, 0.4) is 0 Å². The van der Waals surface area contributed by atoms with Crippen molar-refractivity contribution in [3.8, 4) is 11.5 Å². The Hall–Kier alpha value is -2.79. The number of benzene rings is 1. The highest BCUT2D eigenvalue weighted by molar-refractivity contribution is 7.99. The number of amides is 1. The molecule has 0 aliphatic rings. The fourth-order valence-corrected chi connectivity index (χ4v) is 4.69. The number of carbonyl (C=O) groups is 1. The van der Waals surface area contributed by atoms with Crippen LogP contribution in [0.4, 0.5) is 5.69 Å². The van der Waals surface area contributed by atoms with Crippen molar-refractivity contribution in [1.29, 1.82) is 0 Å². The molecule has 0 aliphatic heterocycles. The zero-order chi connectivity index (χ0) is 23.1. The Morgan fingerprint density at radius 2 is 1.75 bits per heavy atom. The first-order valence-corrected chi connectivity index (χ1v) is 11.9. The molecule has 0 spiro atoms. The Morgan fingerprint density at radius 1 is 1.03 bits per heavy atom. The minimum Gasteiger partial charge on any atom is -0.493 e. The van der Waals surface area contributed by atoms with Crippen LogP contribution in [0.5, 0.6) is 11.5 Å². The first-order valence-electron chi connectivity index (χ1n) is 9.95. The van der Waals surface area contributed by atoms with Gasteiger partial charge in [-0.3, -0.25) is 4.79 Å². The number of carbonyl (C=O) groups excluding carboxylic acids is 1. The maximum absolute atomic E-state index is 12.4. The van der Waals surface area contributed by atoms with E-state index in [2.05, 4.69) is 25.5 Å². The SMILES string of the molecule is CCn1c(CSc2nc(C)cc(C)n2)nnc1SCC(=O)Nc1ccc(OC)c(OC)c1. The summed E-state index contributed by atoms with van der Waals surface area (Å²) in [5.41, 5.74) is 2.51. The predicted molar refractivity (Wildman–Crippen MR) is 126 cm³/mol. The number of ether oxygens (including phenoxy) is 2. The molecule has 0 unspecified atom stereocenters. The van der Waals surface area contributed by atoms with Crippen molar-refractivity contribution in [3.05, 3.63) is 41.5 Å². The number of methoxy groups -OCH3 is 2. The van der Waals surface area contributed by atoms with Gasteiger partial charge in [-0.25, -0.2) is 9.97 Å². The van der Waals surface area contributed by atoms with E-state index in [1.54, 1.807) is 32.4 Å². The summed E-state index contributed by atoms with van der Waals surface area (Å²) in [5.74, 6) is 2.64. The molecule has 3 aromatic rings. The molecule has 1 aromatic carbocycles. The van der Waals surface area contributed by atoms with E-state index in [1.165, 1.54) is 23.5 Å². The minimum atomic E-state index is -0.146. The topological polar surface area (TPSA) is 104 Å². The van der Waals surface area contributed by atoms with Gasteiger partial charge >= 0.3 is 0 Å². The number of nitrogens with zero attached hydrogens (tertiary/aromatic N) is 5. The quantitative estimate of drug-likeness (QED) is 0.347. The third-order valence-electron chi connectivity index (χ3n) is 4.40. The standard InChI is InChI=1S/C21H26N6O3S2/c1-6-27-18(11-31-20-22-13(2)9-14(3)23-20)25-26-21(27)32-12-19(28)24-15-7-8-16(29-4)17(10-15)30-5/h7-10H,6,11-12H2,1-5H3,(H,24,28). The highest BCUT2D eigenvalue weighted by Crippen LogP contribution is 2.30. The lowest BCUT2D eigenvalue weighted by molar-refractivity contribution is -0.113. The molecule has 2 aromatic heterocycles. The average Bonchev–Trinajstić information content (AvgIpc) is 3.17. The van der Waals surface area contributed by atoms with E-state index in [9.17, 15) is 4.79 Å². The fourth-order valence-electron chi connectivity index (χ4n) is 2.98. The molecule has 0 atom stereocenters. The van der Waals surface area contributed by atoms with E-state index < -0.39 is 0 Å². The van der Waals surface area contributed by atoms with Crippen molar-refractivity contribution in [1.82, 2.24) is 24.7 Å². The number of hydrogen-bond acceptors (Lipinski definition) is 9. The Kier molecular flexibility index (Phi) is 8.34. The number of thioether (sulfide) groups is 2. The third-order valence-corrected chi connectivity index (χ3v) is 6.21. The highest BCUT2D eigenvalue weighted by atomic mass is 32.2. The number of nitrogens with one attached hydrogen (secondary N) is 1. The molecule has 170 valence electrons. The Morgan fingerprint density at radius 3 is 2.41 bits per heavy atom. The zero-order valence-corrected chi connectivity index (χ0v) is 20.3. The molecule has 0 saturated carbocycles. The first-order chi connectivity index (χ1) is 15.4. The summed E-state index contributed by atoms with van der Waals surface area (Å²) in [5, 5.41) is 12.9. The number of rotatable bonds is 10. The van der Waals surface area contributed by atoms with E-state index in [-0.39, 0.29) is 11.7 Å². The van der Waals surface area contributed by atoms with E-state index in [4.69, 9.17) is 9.47 Å².